The van der Waals surface area contributed by atoms with Crippen LogP contribution in [0.25, 0.3) is 10.4 Å². The van der Waals surface area contributed by atoms with Gasteiger partial charge in [-0.05, 0) is 55.4 Å². The SMILES string of the molecule is CCOC(=O)c1cc(-c2ccccc2)sc1NC(=S)Nc1cc(C)ccc1F. The van der Waals surface area contributed by atoms with Crippen LogP contribution in [-0.2, 0) is 4.74 Å². The Bertz CT molecular complexity index is 1000. The topological polar surface area (TPSA) is 50.4 Å². The summed E-state index contributed by atoms with van der Waals surface area (Å²) in [5, 5.41) is 6.59. The van der Waals surface area contributed by atoms with E-state index in [0.717, 1.165) is 16.0 Å². The van der Waals surface area contributed by atoms with Crippen LogP contribution in [0.3, 0.4) is 0 Å². The molecule has 3 rings (SSSR count). The Morgan fingerprint density at radius 2 is 1.89 bits per heavy atom. The molecule has 7 heteroatoms. The Kier molecular flexibility index (Phi) is 6.38. The first-order valence-corrected chi connectivity index (χ1v) is 9.91. The van der Waals surface area contributed by atoms with Crippen molar-refractivity contribution >= 4 is 45.3 Å². The summed E-state index contributed by atoms with van der Waals surface area (Å²) in [5.74, 6) is -0.843. The average molecular weight is 415 g/mol. The van der Waals surface area contributed by atoms with Gasteiger partial charge < -0.3 is 15.4 Å². The number of benzene rings is 2. The first-order chi connectivity index (χ1) is 13.5. The normalized spacial score (nSPS) is 10.4. The van der Waals surface area contributed by atoms with Crippen molar-refractivity contribution in [2.24, 2.45) is 0 Å². The monoisotopic (exact) mass is 414 g/mol. The van der Waals surface area contributed by atoms with Crippen molar-refractivity contribution in [1.29, 1.82) is 0 Å². The number of nitrogens with one attached hydrogen (secondary N) is 2. The van der Waals surface area contributed by atoms with Gasteiger partial charge in [0.1, 0.15) is 10.8 Å². The number of hydrogen-bond acceptors (Lipinski definition) is 4. The predicted octanol–water partition coefficient (Wildman–Crippen LogP) is 5.85. The van der Waals surface area contributed by atoms with Crippen molar-refractivity contribution in [3.63, 3.8) is 0 Å². The van der Waals surface area contributed by atoms with Gasteiger partial charge in [0.2, 0.25) is 0 Å². The summed E-state index contributed by atoms with van der Waals surface area (Å²) in [6, 6.07) is 16.2. The largest absolute Gasteiger partial charge is 0.462 e. The van der Waals surface area contributed by atoms with E-state index in [0.29, 0.717) is 10.6 Å². The van der Waals surface area contributed by atoms with E-state index in [9.17, 15) is 9.18 Å². The number of esters is 1. The first-order valence-electron chi connectivity index (χ1n) is 8.68. The molecule has 0 aliphatic heterocycles. The molecule has 0 saturated carbocycles. The highest BCUT2D eigenvalue weighted by molar-refractivity contribution is 7.80. The molecule has 1 heterocycles. The van der Waals surface area contributed by atoms with Gasteiger partial charge in [0.15, 0.2) is 5.11 Å². The molecule has 144 valence electrons. The quantitative estimate of drug-likeness (QED) is 0.405. The third kappa shape index (κ3) is 4.74. The van der Waals surface area contributed by atoms with E-state index in [1.165, 1.54) is 17.4 Å². The Morgan fingerprint density at radius 1 is 1.14 bits per heavy atom. The number of carbonyl (C=O) groups is 1. The number of carbonyl (C=O) groups excluding carboxylic acids is 1. The number of aryl methyl sites for hydroxylation is 1. The van der Waals surface area contributed by atoms with E-state index in [1.54, 1.807) is 25.1 Å². The number of thiocarbonyl (C=S) groups is 1. The molecular weight excluding hydrogens is 395 g/mol. The Morgan fingerprint density at radius 3 is 2.61 bits per heavy atom. The van der Waals surface area contributed by atoms with E-state index >= 15 is 0 Å². The van der Waals surface area contributed by atoms with Gasteiger partial charge in [0.25, 0.3) is 0 Å². The average Bonchev–Trinajstić information content (AvgIpc) is 3.09. The number of halogens is 1. The molecule has 2 N–H and O–H groups in total. The molecule has 0 aliphatic rings. The summed E-state index contributed by atoms with van der Waals surface area (Å²) in [6.07, 6.45) is 0. The zero-order valence-electron chi connectivity index (χ0n) is 15.4. The van der Waals surface area contributed by atoms with Crippen LogP contribution < -0.4 is 10.6 Å². The zero-order valence-corrected chi connectivity index (χ0v) is 17.0. The van der Waals surface area contributed by atoms with Gasteiger partial charge in [-0.3, -0.25) is 0 Å². The molecular formula is C21H19FN2O2S2. The van der Waals surface area contributed by atoms with Crippen LogP contribution in [-0.4, -0.2) is 17.7 Å². The lowest BCUT2D eigenvalue weighted by Gasteiger charge is -2.11. The number of anilines is 2. The maximum atomic E-state index is 14.0. The number of rotatable bonds is 5. The lowest BCUT2D eigenvalue weighted by atomic mass is 10.1. The zero-order chi connectivity index (χ0) is 20.1. The van der Waals surface area contributed by atoms with Gasteiger partial charge in [-0.2, -0.15) is 0 Å². The minimum absolute atomic E-state index is 0.191. The Labute approximate surface area is 172 Å². The fraction of sp³-hybridized carbons (Fsp3) is 0.143. The second-order valence-electron chi connectivity index (χ2n) is 6.00. The van der Waals surface area contributed by atoms with Crippen LogP contribution in [0.15, 0.2) is 54.6 Å². The molecule has 0 fully saturated rings. The number of thiophene rings is 1. The third-order valence-electron chi connectivity index (χ3n) is 3.88. The van der Waals surface area contributed by atoms with Crippen molar-refractivity contribution in [3.8, 4) is 10.4 Å². The summed E-state index contributed by atoms with van der Waals surface area (Å²) in [5.41, 5.74) is 2.55. The second-order valence-corrected chi connectivity index (χ2v) is 7.46. The second kappa shape index (κ2) is 8.95. The van der Waals surface area contributed by atoms with Gasteiger partial charge >= 0.3 is 5.97 Å². The van der Waals surface area contributed by atoms with Gasteiger partial charge in [0, 0.05) is 4.88 Å². The number of hydrogen-bond donors (Lipinski definition) is 2. The fourth-order valence-corrected chi connectivity index (χ4v) is 3.91. The molecule has 0 aliphatic carbocycles. The summed E-state index contributed by atoms with van der Waals surface area (Å²) in [6.45, 7) is 3.89. The maximum absolute atomic E-state index is 14.0. The molecule has 0 bridgehead atoms. The lowest BCUT2D eigenvalue weighted by molar-refractivity contribution is 0.0528. The standard InChI is InChI=1S/C21H19FN2O2S2/c1-3-26-20(25)15-12-18(14-7-5-4-6-8-14)28-19(15)24-21(27)23-17-11-13(2)9-10-16(17)22/h4-12H,3H2,1-2H3,(H2,23,24,27). The van der Waals surface area contributed by atoms with Crippen molar-refractivity contribution < 1.29 is 13.9 Å². The van der Waals surface area contributed by atoms with Crippen molar-refractivity contribution in [2.75, 3.05) is 17.2 Å². The fourth-order valence-electron chi connectivity index (χ4n) is 2.58. The van der Waals surface area contributed by atoms with E-state index in [1.807, 2.05) is 37.3 Å². The van der Waals surface area contributed by atoms with Crippen LogP contribution in [0.5, 0.6) is 0 Å². The molecule has 0 unspecified atom stereocenters. The van der Waals surface area contributed by atoms with Crippen molar-refractivity contribution in [1.82, 2.24) is 0 Å². The van der Waals surface area contributed by atoms with E-state index in [2.05, 4.69) is 10.6 Å². The predicted molar refractivity (Wildman–Crippen MR) is 117 cm³/mol. The molecule has 0 radical (unpaired) electrons. The highest BCUT2D eigenvalue weighted by atomic mass is 32.1. The smallest absolute Gasteiger partial charge is 0.341 e. The molecule has 28 heavy (non-hydrogen) atoms. The molecule has 3 aromatic rings. The summed E-state index contributed by atoms with van der Waals surface area (Å²) in [4.78, 5) is 13.3. The summed E-state index contributed by atoms with van der Waals surface area (Å²) in [7, 11) is 0. The van der Waals surface area contributed by atoms with Gasteiger partial charge in [-0.1, -0.05) is 36.4 Å². The molecule has 0 amide bonds. The van der Waals surface area contributed by atoms with Crippen LogP contribution >= 0.6 is 23.6 Å². The molecule has 2 aromatic carbocycles. The highest BCUT2D eigenvalue weighted by Gasteiger charge is 2.19. The van der Waals surface area contributed by atoms with Gasteiger partial charge in [-0.25, -0.2) is 9.18 Å². The first kappa shape index (κ1) is 20.0. The van der Waals surface area contributed by atoms with E-state index in [-0.39, 0.29) is 17.4 Å². The van der Waals surface area contributed by atoms with Crippen LogP contribution in [0.4, 0.5) is 15.1 Å². The highest BCUT2D eigenvalue weighted by Crippen LogP contribution is 2.36. The van der Waals surface area contributed by atoms with E-state index < -0.39 is 11.8 Å². The van der Waals surface area contributed by atoms with E-state index in [4.69, 9.17) is 17.0 Å². The third-order valence-corrected chi connectivity index (χ3v) is 5.19. The minimum Gasteiger partial charge on any atom is -0.462 e. The summed E-state index contributed by atoms with van der Waals surface area (Å²) < 4.78 is 19.1. The molecule has 4 nitrogen and oxygen atoms in total. The minimum atomic E-state index is -0.437. The molecule has 0 saturated heterocycles. The van der Waals surface area contributed by atoms with Crippen LogP contribution in [0, 0.1) is 12.7 Å². The lowest BCUT2D eigenvalue weighted by Crippen LogP contribution is -2.20. The summed E-state index contributed by atoms with van der Waals surface area (Å²) >= 11 is 6.70. The van der Waals surface area contributed by atoms with Crippen molar-refractivity contribution in [3.05, 3.63) is 71.5 Å². The maximum Gasteiger partial charge on any atom is 0.341 e. The Hall–Kier alpha value is -2.77. The molecule has 1 aromatic heterocycles. The van der Waals surface area contributed by atoms with Crippen molar-refractivity contribution in [2.45, 2.75) is 13.8 Å². The van der Waals surface area contributed by atoms with Gasteiger partial charge in [-0.15, -0.1) is 11.3 Å². The van der Waals surface area contributed by atoms with Gasteiger partial charge in [0.05, 0.1) is 17.9 Å². The number of ether oxygens (including phenoxy) is 1. The Balaban J connectivity index is 1.87. The molecule has 0 spiro atoms. The van der Waals surface area contributed by atoms with Crippen LogP contribution in [0.1, 0.15) is 22.8 Å². The molecule has 0 atom stereocenters. The van der Waals surface area contributed by atoms with Crippen LogP contribution in [0.2, 0.25) is 0 Å².